The highest BCUT2D eigenvalue weighted by Crippen LogP contribution is 2.29. The highest BCUT2D eigenvalue weighted by molar-refractivity contribution is 5.99. The van der Waals surface area contributed by atoms with Crippen LogP contribution in [0, 0.1) is 0 Å². The summed E-state index contributed by atoms with van der Waals surface area (Å²) >= 11 is 0. The second kappa shape index (κ2) is 7.40. The van der Waals surface area contributed by atoms with Gasteiger partial charge in [0.2, 0.25) is 0 Å². The van der Waals surface area contributed by atoms with Crippen LogP contribution in [-0.2, 0) is 0 Å². The lowest BCUT2D eigenvalue weighted by Crippen LogP contribution is -1.93. The van der Waals surface area contributed by atoms with E-state index in [0.29, 0.717) is 5.82 Å². The molecule has 4 heteroatoms. The summed E-state index contributed by atoms with van der Waals surface area (Å²) in [7, 11) is 0. The molecule has 23 heavy (non-hydrogen) atoms. The summed E-state index contributed by atoms with van der Waals surface area (Å²) in [6, 6.07) is 0. The maximum absolute atomic E-state index is 6.04. The number of nitrogens with one attached hydrogen (secondary N) is 1. The van der Waals surface area contributed by atoms with Crippen molar-refractivity contribution in [3.63, 3.8) is 0 Å². The van der Waals surface area contributed by atoms with E-state index in [2.05, 4.69) is 53.3 Å². The standard InChI is InChI=1S/C19H22N4/c1-5-8-9-15(10-13(4)14(6-2)7-3)16-11-21-19-17(16)18(20)22-12-23-19/h6-12H,2-3,5H2,1,4H3,(H3,20,21,22,23)/b9-8-,15-10+. The molecule has 2 aromatic rings. The molecule has 2 rings (SSSR count). The molecule has 0 amide bonds. The highest BCUT2D eigenvalue weighted by Gasteiger charge is 2.11. The normalized spacial score (nSPS) is 11.8. The van der Waals surface area contributed by atoms with Crippen molar-refractivity contribution < 1.29 is 0 Å². The van der Waals surface area contributed by atoms with Gasteiger partial charge in [-0.05, 0) is 30.1 Å². The van der Waals surface area contributed by atoms with Crippen LogP contribution in [0.15, 0.2) is 67.2 Å². The zero-order valence-electron chi connectivity index (χ0n) is 13.6. The molecule has 0 spiro atoms. The molecule has 0 saturated carbocycles. The highest BCUT2D eigenvalue weighted by atomic mass is 15.0. The van der Waals surface area contributed by atoms with Crippen LogP contribution >= 0.6 is 0 Å². The van der Waals surface area contributed by atoms with E-state index >= 15 is 0 Å². The summed E-state index contributed by atoms with van der Waals surface area (Å²) in [4.78, 5) is 11.5. The minimum Gasteiger partial charge on any atom is -0.383 e. The third kappa shape index (κ3) is 3.48. The Morgan fingerprint density at radius 1 is 1.30 bits per heavy atom. The molecule has 0 bridgehead atoms. The quantitative estimate of drug-likeness (QED) is 0.768. The van der Waals surface area contributed by atoms with Crippen molar-refractivity contribution in [1.82, 2.24) is 15.0 Å². The van der Waals surface area contributed by atoms with Crippen LogP contribution in [0.2, 0.25) is 0 Å². The third-order valence-electron chi connectivity index (χ3n) is 3.61. The number of hydrogen-bond acceptors (Lipinski definition) is 3. The van der Waals surface area contributed by atoms with Crippen LogP contribution in [0.25, 0.3) is 16.6 Å². The first-order valence-corrected chi connectivity index (χ1v) is 7.54. The van der Waals surface area contributed by atoms with Gasteiger partial charge in [0.05, 0.1) is 5.39 Å². The van der Waals surface area contributed by atoms with Crippen molar-refractivity contribution >= 4 is 22.4 Å². The Morgan fingerprint density at radius 2 is 2.04 bits per heavy atom. The number of rotatable bonds is 6. The number of nitrogens with zero attached hydrogens (tertiary/aromatic N) is 2. The zero-order valence-corrected chi connectivity index (χ0v) is 13.6. The zero-order chi connectivity index (χ0) is 16.8. The van der Waals surface area contributed by atoms with Crippen molar-refractivity contribution in [3.05, 3.63) is 72.8 Å². The Hall–Kier alpha value is -2.88. The molecule has 2 aromatic heterocycles. The van der Waals surface area contributed by atoms with Gasteiger partial charge >= 0.3 is 0 Å². The first-order valence-electron chi connectivity index (χ1n) is 7.54. The number of hydrogen-bond donors (Lipinski definition) is 2. The first kappa shape index (κ1) is 16.5. The Bertz CT molecular complexity index is 809. The van der Waals surface area contributed by atoms with E-state index in [9.17, 15) is 0 Å². The summed E-state index contributed by atoms with van der Waals surface area (Å²) in [5.41, 5.74) is 10.9. The monoisotopic (exact) mass is 306 g/mol. The fraction of sp³-hybridized carbons (Fsp3) is 0.158. The van der Waals surface area contributed by atoms with Crippen LogP contribution in [0.1, 0.15) is 25.8 Å². The maximum atomic E-state index is 6.04. The van der Waals surface area contributed by atoms with Gasteiger partial charge in [-0.15, -0.1) is 0 Å². The van der Waals surface area contributed by atoms with E-state index < -0.39 is 0 Å². The summed E-state index contributed by atoms with van der Waals surface area (Å²) < 4.78 is 0. The first-order chi connectivity index (χ1) is 11.1. The van der Waals surface area contributed by atoms with Gasteiger partial charge in [-0.25, -0.2) is 9.97 Å². The van der Waals surface area contributed by atoms with Gasteiger partial charge in [0.25, 0.3) is 0 Å². The van der Waals surface area contributed by atoms with Crippen LogP contribution in [-0.4, -0.2) is 15.0 Å². The molecule has 0 unspecified atom stereocenters. The molecule has 0 saturated heterocycles. The van der Waals surface area contributed by atoms with Crippen LogP contribution in [0.3, 0.4) is 0 Å². The van der Waals surface area contributed by atoms with Crippen LogP contribution < -0.4 is 5.73 Å². The van der Waals surface area contributed by atoms with Gasteiger partial charge in [0.15, 0.2) is 0 Å². The fourth-order valence-electron chi connectivity index (χ4n) is 2.40. The van der Waals surface area contributed by atoms with E-state index in [1.807, 2.05) is 13.1 Å². The number of nitrogen functional groups attached to an aromatic ring is 1. The minimum absolute atomic E-state index is 0.469. The average molecular weight is 306 g/mol. The molecule has 4 nitrogen and oxygen atoms in total. The summed E-state index contributed by atoms with van der Waals surface area (Å²) in [6.07, 6.45) is 14.2. The van der Waals surface area contributed by atoms with Crippen molar-refractivity contribution in [2.75, 3.05) is 5.73 Å². The summed E-state index contributed by atoms with van der Waals surface area (Å²) in [6.45, 7) is 11.8. The number of allylic oxidation sites excluding steroid dienone is 8. The summed E-state index contributed by atoms with van der Waals surface area (Å²) in [5.74, 6) is 0.469. The smallest absolute Gasteiger partial charge is 0.143 e. The van der Waals surface area contributed by atoms with Crippen molar-refractivity contribution in [2.45, 2.75) is 20.3 Å². The van der Waals surface area contributed by atoms with Gasteiger partial charge in [-0.1, -0.05) is 50.5 Å². The average Bonchev–Trinajstić information content (AvgIpc) is 2.98. The number of H-pyrrole nitrogens is 1. The lowest BCUT2D eigenvalue weighted by Gasteiger charge is -2.05. The predicted molar refractivity (Wildman–Crippen MR) is 98.8 cm³/mol. The third-order valence-corrected chi connectivity index (χ3v) is 3.61. The second-order valence-corrected chi connectivity index (χ2v) is 5.14. The Labute approximate surface area is 136 Å². The Morgan fingerprint density at radius 3 is 2.70 bits per heavy atom. The predicted octanol–water partition coefficient (Wildman–Crippen LogP) is 4.58. The molecular formula is C19H22N4. The van der Waals surface area contributed by atoms with Crippen molar-refractivity contribution in [2.24, 2.45) is 0 Å². The van der Waals surface area contributed by atoms with Crippen molar-refractivity contribution in [1.29, 1.82) is 0 Å². The molecule has 2 heterocycles. The molecule has 118 valence electrons. The van der Waals surface area contributed by atoms with E-state index in [0.717, 1.165) is 39.7 Å². The Kier molecular flexibility index (Phi) is 5.31. The second-order valence-electron chi connectivity index (χ2n) is 5.14. The molecule has 0 radical (unpaired) electrons. The largest absolute Gasteiger partial charge is 0.383 e. The number of aromatic nitrogens is 3. The molecule has 0 atom stereocenters. The van der Waals surface area contributed by atoms with Gasteiger partial charge in [0.1, 0.15) is 17.8 Å². The molecule has 0 aromatic carbocycles. The molecule has 0 aliphatic heterocycles. The minimum atomic E-state index is 0.469. The fourth-order valence-corrected chi connectivity index (χ4v) is 2.40. The Balaban J connectivity index is 2.68. The molecule has 0 aliphatic carbocycles. The topological polar surface area (TPSA) is 67.6 Å². The van der Waals surface area contributed by atoms with Gasteiger partial charge in [-0.2, -0.15) is 0 Å². The number of anilines is 1. The molecule has 0 aliphatic rings. The number of aromatic amines is 1. The van der Waals surface area contributed by atoms with Gasteiger partial charge in [0, 0.05) is 11.8 Å². The maximum Gasteiger partial charge on any atom is 0.143 e. The number of fused-ring (bicyclic) bond motifs is 1. The van der Waals surface area contributed by atoms with E-state index in [1.54, 1.807) is 12.2 Å². The molecular weight excluding hydrogens is 284 g/mol. The van der Waals surface area contributed by atoms with E-state index in [1.165, 1.54) is 6.33 Å². The van der Waals surface area contributed by atoms with Crippen LogP contribution in [0.4, 0.5) is 5.82 Å². The van der Waals surface area contributed by atoms with Gasteiger partial charge < -0.3 is 10.7 Å². The molecule has 0 fully saturated rings. The van der Waals surface area contributed by atoms with Crippen molar-refractivity contribution in [3.8, 4) is 0 Å². The van der Waals surface area contributed by atoms with Crippen LogP contribution in [0.5, 0.6) is 0 Å². The van der Waals surface area contributed by atoms with Gasteiger partial charge in [-0.3, -0.25) is 0 Å². The SMILES string of the molecule is C=CC(C=C)=C(C)/C=C(\C=C/CC)c1c[nH]c2ncnc(N)c12. The molecule has 3 N–H and O–H groups in total. The summed E-state index contributed by atoms with van der Waals surface area (Å²) in [5, 5.41) is 0.839. The number of nitrogens with two attached hydrogens (primary N) is 1. The lowest BCUT2D eigenvalue weighted by molar-refractivity contribution is 1.21. The lowest BCUT2D eigenvalue weighted by atomic mass is 10.00. The van der Waals surface area contributed by atoms with E-state index in [-0.39, 0.29) is 0 Å². The van der Waals surface area contributed by atoms with E-state index in [4.69, 9.17) is 5.73 Å².